The Bertz CT molecular complexity index is 869. The molecular weight excluding hydrogens is 251 g/mol. The van der Waals surface area contributed by atoms with Crippen LogP contribution in [0, 0.1) is 0 Å². The van der Waals surface area contributed by atoms with Crippen LogP contribution in [0.3, 0.4) is 0 Å². The third-order valence-corrected chi connectivity index (χ3v) is 4.42. The van der Waals surface area contributed by atoms with E-state index in [9.17, 15) is 0 Å². The molecule has 0 spiro atoms. The molecule has 1 unspecified atom stereocenters. The second-order valence-electron chi connectivity index (χ2n) is 5.70. The highest BCUT2D eigenvalue weighted by atomic mass is 14.2. The summed E-state index contributed by atoms with van der Waals surface area (Å²) >= 11 is 0. The van der Waals surface area contributed by atoms with Gasteiger partial charge in [-0.2, -0.15) is 0 Å². The molecule has 98 valence electrons. The Morgan fingerprint density at radius 3 is 2.43 bits per heavy atom. The number of hydrogen-bond donors (Lipinski definition) is 0. The van der Waals surface area contributed by atoms with E-state index in [0.29, 0.717) is 0 Å². The van der Waals surface area contributed by atoms with Crippen LogP contribution in [0.1, 0.15) is 23.9 Å². The van der Waals surface area contributed by atoms with Crippen molar-refractivity contribution in [1.82, 2.24) is 0 Å². The van der Waals surface area contributed by atoms with Crippen LogP contribution < -0.4 is 0 Å². The predicted molar refractivity (Wildman–Crippen MR) is 91.5 cm³/mol. The van der Waals surface area contributed by atoms with Crippen molar-refractivity contribution >= 4 is 24.7 Å². The van der Waals surface area contributed by atoms with E-state index in [2.05, 4.69) is 73.7 Å². The molecule has 4 rings (SSSR count). The summed E-state index contributed by atoms with van der Waals surface area (Å²) in [6, 6.07) is 21.5. The van der Waals surface area contributed by atoms with E-state index >= 15 is 0 Å². The van der Waals surface area contributed by atoms with Gasteiger partial charge in [0, 0.05) is 0 Å². The van der Waals surface area contributed by atoms with Gasteiger partial charge in [0.25, 0.3) is 0 Å². The molecule has 1 aliphatic carbocycles. The molecule has 0 bridgehead atoms. The maximum absolute atomic E-state index is 6.28. The van der Waals surface area contributed by atoms with Gasteiger partial charge in [0.05, 0.1) is 7.85 Å². The summed E-state index contributed by atoms with van der Waals surface area (Å²) in [4.78, 5) is 0. The van der Waals surface area contributed by atoms with Crippen molar-refractivity contribution in [1.29, 1.82) is 0 Å². The second-order valence-corrected chi connectivity index (χ2v) is 5.70. The SMILES string of the molecule is [B]C1C(C)=Cc2c(-c3cccc4ccccc34)cccc21. The summed E-state index contributed by atoms with van der Waals surface area (Å²) in [5.74, 6) is 0.0370. The zero-order valence-corrected chi connectivity index (χ0v) is 12.0. The largest absolute Gasteiger partial charge is 0.0823 e. The van der Waals surface area contributed by atoms with Crippen LogP contribution in [0.25, 0.3) is 28.0 Å². The van der Waals surface area contributed by atoms with Gasteiger partial charge in [-0.25, -0.2) is 0 Å². The van der Waals surface area contributed by atoms with Crippen LogP contribution in [0.4, 0.5) is 0 Å². The molecule has 0 amide bonds. The number of fused-ring (bicyclic) bond motifs is 2. The van der Waals surface area contributed by atoms with Crippen molar-refractivity contribution < 1.29 is 0 Å². The Kier molecular flexibility index (Phi) is 2.75. The first-order valence-electron chi connectivity index (χ1n) is 7.30. The maximum Gasteiger partial charge on any atom is 0.0823 e. The second kappa shape index (κ2) is 4.63. The van der Waals surface area contributed by atoms with Gasteiger partial charge in [-0.3, -0.25) is 0 Å². The fraction of sp³-hybridized carbons (Fsp3) is 0.100. The standard InChI is InChI=1S/C20H15B/c1-13-12-19-17(10-5-11-18(19)20(13)21)16-9-4-7-14-6-2-3-8-15(14)16/h2-12,20H,1H3. The summed E-state index contributed by atoms with van der Waals surface area (Å²) in [5.41, 5.74) is 6.30. The zero-order valence-electron chi connectivity index (χ0n) is 12.0. The Morgan fingerprint density at radius 1 is 0.810 bits per heavy atom. The molecule has 0 saturated carbocycles. The van der Waals surface area contributed by atoms with E-state index in [1.165, 1.54) is 38.6 Å². The fourth-order valence-corrected chi connectivity index (χ4v) is 3.27. The first kappa shape index (κ1) is 12.5. The van der Waals surface area contributed by atoms with Crippen LogP contribution in [0.5, 0.6) is 0 Å². The van der Waals surface area contributed by atoms with Crippen LogP contribution >= 0.6 is 0 Å². The molecule has 1 heteroatoms. The topological polar surface area (TPSA) is 0 Å². The highest BCUT2D eigenvalue weighted by Crippen LogP contribution is 2.40. The molecule has 0 heterocycles. The lowest BCUT2D eigenvalue weighted by molar-refractivity contribution is 1.14. The molecule has 0 fully saturated rings. The van der Waals surface area contributed by atoms with Gasteiger partial charge in [0.1, 0.15) is 0 Å². The van der Waals surface area contributed by atoms with Gasteiger partial charge in [0.15, 0.2) is 0 Å². The molecule has 1 aliphatic rings. The highest BCUT2D eigenvalue weighted by molar-refractivity contribution is 6.17. The molecule has 0 aromatic heterocycles. The minimum Gasteiger partial charge on any atom is -0.0740 e. The van der Waals surface area contributed by atoms with E-state index in [1.807, 2.05) is 0 Å². The van der Waals surface area contributed by atoms with Crippen LogP contribution in [-0.4, -0.2) is 7.85 Å². The van der Waals surface area contributed by atoms with Crippen molar-refractivity contribution in [3.8, 4) is 11.1 Å². The third kappa shape index (κ3) is 1.85. The molecule has 2 radical (unpaired) electrons. The normalized spacial score (nSPS) is 16.8. The summed E-state index contributed by atoms with van der Waals surface area (Å²) in [6.45, 7) is 2.11. The summed E-state index contributed by atoms with van der Waals surface area (Å²) in [6.07, 6.45) is 2.23. The number of allylic oxidation sites excluding steroid dienone is 1. The van der Waals surface area contributed by atoms with E-state index in [4.69, 9.17) is 7.85 Å². The molecule has 3 aromatic rings. The molecule has 21 heavy (non-hydrogen) atoms. The van der Waals surface area contributed by atoms with E-state index in [-0.39, 0.29) is 5.82 Å². The average Bonchev–Trinajstić information content (AvgIpc) is 2.82. The van der Waals surface area contributed by atoms with Crippen molar-refractivity contribution in [3.63, 3.8) is 0 Å². The van der Waals surface area contributed by atoms with Crippen LogP contribution in [0.2, 0.25) is 0 Å². The highest BCUT2D eigenvalue weighted by Gasteiger charge is 2.20. The monoisotopic (exact) mass is 266 g/mol. The van der Waals surface area contributed by atoms with Crippen LogP contribution in [-0.2, 0) is 0 Å². The minimum atomic E-state index is 0.0370. The first-order valence-corrected chi connectivity index (χ1v) is 7.30. The van der Waals surface area contributed by atoms with Crippen molar-refractivity contribution in [3.05, 3.63) is 77.4 Å². The number of hydrogen-bond acceptors (Lipinski definition) is 0. The van der Waals surface area contributed by atoms with Gasteiger partial charge < -0.3 is 0 Å². The van der Waals surface area contributed by atoms with Crippen molar-refractivity contribution in [2.75, 3.05) is 0 Å². The maximum atomic E-state index is 6.28. The smallest absolute Gasteiger partial charge is 0.0740 e. The molecule has 0 aliphatic heterocycles. The third-order valence-electron chi connectivity index (χ3n) is 4.42. The van der Waals surface area contributed by atoms with Gasteiger partial charge in [-0.05, 0) is 45.8 Å². The van der Waals surface area contributed by atoms with E-state index in [0.717, 1.165) is 0 Å². The van der Waals surface area contributed by atoms with Gasteiger partial charge in [-0.1, -0.05) is 72.3 Å². The van der Waals surface area contributed by atoms with Gasteiger partial charge >= 0.3 is 0 Å². The Morgan fingerprint density at radius 2 is 1.52 bits per heavy atom. The Balaban J connectivity index is 2.04. The number of benzene rings is 3. The van der Waals surface area contributed by atoms with Crippen LogP contribution in [0.15, 0.2) is 66.2 Å². The first-order chi connectivity index (χ1) is 10.3. The molecule has 1 atom stereocenters. The molecular formula is C20H15B. The van der Waals surface area contributed by atoms with Crippen molar-refractivity contribution in [2.45, 2.75) is 12.7 Å². The molecule has 3 aromatic carbocycles. The summed E-state index contributed by atoms with van der Waals surface area (Å²) in [5, 5.41) is 2.57. The van der Waals surface area contributed by atoms with Crippen molar-refractivity contribution in [2.24, 2.45) is 0 Å². The Hall–Kier alpha value is -2.28. The Labute approximate surface area is 126 Å². The lowest BCUT2D eigenvalue weighted by Gasteiger charge is -2.13. The lowest BCUT2D eigenvalue weighted by Crippen LogP contribution is -1.96. The predicted octanol–water partition coefficient (Wildman–Crippen LogP) is 5.13. The van der Waals surface area contributed by atoms with E-state index < -0.39 is 0 Å². The summed E-state index contributed by atoms with van der Waals surface area (Å²) in [7, 11) is 6.28. The average molecular weight is 266 g/mol. The number of rotatable bonds is 1. The summed E-state index contributed by atoms with van der Waals surface area (Å²) < 4.78 is 0. The quantitative estimate of drug-likeness (QED) is 0.535. The van der Waals surface area contributed by atoms with Gasteiger partial charge in [0.2, 0.25) is 0 Å². The molecule has 0 nitrogen and oxygen atoms in total. The minimum absolute atomic E-state index is 0.0370. The molecule has 0 saturated heterocycles. The lowest BCUT2D eigenvalue weighted by atomic mass is 9.78. The fourth-order valence-electron chi connectivity index (χ4n) is 3.27. The molecule has 0 N–H and O–H groups in total. The van der Waals surface area contributed by atoms with E-state index in [1.54, 1.807) is 0 Å². The van der Waals surface area contributed by atoms with Gasteiger partial charge in [-0.15, -0.1) is 0 Å². The zero-order chi connectivity index (χ0) is 14.4.